The van der Waals surface area contributed by atoms with Crippen molar-refractivity contribution in [2.75, 3.05) is 13.6 Å². The fraction of sp³-hybridized carbons (Fsp3) is 0.667. The van der Waals surface area contributed by atoms with Crippen molar-refractivity contribution in [1.82, 2.24) is 10.2 Å². The van der Waals surface area contributed by atoms with Gasteiger partial charge in [0.1, 0.15) is 0 Å². The van der Waals surface area contributed by atoms with Gasteiger partial charge in [-0.25, -0.2) is 4.79 Å². The first-order chi connectivity index (χ1) is 7.92. The molecule has 5 heteroatoms. The number of terminal acetylenes is 1. The number of aliphatic carboxylic acids is 1. The number of carboxylic acid groups (broad SMARTS) is 1. The molecule has 0 rings (SSSR count). The lowest BCUT2D eigenvalue weighted by Gasteiger charge is -2.23. The van der Waals surface area contributed by atoms with Crippen LogP contribution in [-0.2, 0) is 4.79 Å². The second kappa shape index (κ2) is 7.55. The molecule has 0 aliphatic rings. The van der Waals surface area contributed by atoms with Crippen molar-refractivity contribution < 1.29 is 14.7 Å². The molecule has 96 valence electrons. The number of hydrogen-bond donors (Lipinski definition) is 2. The molecule has 0 fully saturated rings. The van der Waals surface area contributed by atoms with Crippen molar-refractivity contribution >= 4 is 12.0 Å². The van der Waals surface area contributed by atoms with Crippen LogP contribution in [0.3, 0.4) is 0 Å². The normalized spacial score (nSPS) is 13.3. The fourth-order valence-corrected chi connectivity index (χ4v) is 1.30. The summed E-state index contributed by atoms with van der Waals surface area (Å²) in [6, 6.07) is -0.352. The first-order valence-electron chi connectivity index (χ1n) is 5.60. The summed E-state index contributed by atoms with van der Waals surface area (Å²) < 4.78 is 0. The van der Waals surface area contributed by atoms with E-state index < -0.39 is 11.9 Å². The standard InChI is InChI=1S/C12H20N2O3/c1-5-7-10(6-2)13-12(17)14(4)8-9(3)11(15)16/h1,9-10H,6-8H2,2-4H3,(H,13,17)(H,15,16). The summed E-state index contributed by atoms with van der Waals surface area (Å²) >= 11 is 0. The van der Waals surface area contributed by atoms with Crippen molar-refractivity contribution in [3.05, 3.63) is 0 Å². The molecule has 2 unspecified atom stereocenters. The number of nitrogens with one attached hydrogen (secondary N) is 1. The van der Waals surface area contributed by atoms with Gasteiger partial charge in [-0.15, -0.1) is 12.3 Å². The topological polar surface area (TPSA) is 69.6 Å². The third-order valence-corrected chi connectivity index (χ3v) is 2.50. The Morgan fingerprint density at radius 2 is 2.12 bits per heavy atom. The van der Waals surface area contributed by atoms with Gasteiger partial charge >= 0.3 is 12.0 Å². The van der Waals surface area contributed by atoms with Gasteiger partial charge in [-0.1, -0.05) is 13.8 Å². The van der Waals surface area contributed by atoms with Gasteiger partial charge in [0.15, 0.2) is 0 Å². The Bertz CT molecular complexity index is 309. The first kappa shape index (κ1) is 15.3. The largest absolute Gasteiger partial charge is 0.481 e. The van der Waals surface area contributed by atoms with Gasteiger partial charge in [0.25, 0.3) is 0 Å². The predicted molar refractivity (Wildman–Crippen MR) is 65.5 cm³/mol. The van der Waals surface area contributed by atoms with Crippen molar-refractivity contribution in [3.8, 4) is 12.3 Å². The summed E-state index contributed by atoms with van der Waals surface area (Å²) in [6.45, 7) is 3.67. The SMILES string of the molecule is C#CCC(CC)NC(=O)N(C)CC(C)C(=O)O. The zero-order chi connectivity index (χ0) is 13.4. The number of carbonyl (C=O) groups excluding carboxylic acids is 1. The van der Waals surface area contributed by atoms with E-state index in [4.69, 9.17) is 11.5 Å². The smallest absolute Gasteiger partial charge is 0.317 e. The highest BCUT2D eigenvalue weighted by atomic mass is 16.4. The zero-order valence-electron chi connectivity index (χ0n) is 10.6. The molecule has 2 N–H and O–H groups in total. The van der Waals surface area contributed by atoms with Gasteiger partial charge in [0, 0.05) is 26.1 Å². The van der Waals surface area contributed by atoms with Crippen molar-refractivity contribution in [1.29, 1.82) is 0 Å². The average molecular weight is 240 g/mol. The summed E-state index contributed by atoms with van der Waals surface area (Å²) in [4.78, 5) is 23.7. The van der Waals surface area contributed by atoms with E-state index in [9.17, 15) is 9.59 Å². The lowest BCUT2D eigenvalue weighted by atomic mass is 10.1. The molecule has 0 aliphatic carbocycles. The van der Waals surface area contributed by atoms with Gasteiger partial charge in [-0.05, 0) is 6.42 Å². The molecule has 0 aromatic heterocycles. The summed E-state index contributed by atoms with van der Waals surface area (Å²) in [5.74, 6) is 0.994. The lowest BCUT2D eigenvalue weighted by Crippen LogP contribution is -2.44. The maximum Gasteiger partial charge on any atom is 0.317 e. The number of carboxylic acids is 1. The van der Waals surface area contributed by atoms with Crippen LogP contribution < -0.4 is 5.32 Å². The number of urea groups is 1. The van der Waals surface area contributed by atoms with Crippen LogP contribution >= 0.6 is 0 Å². The van der Waals surface area contributed by atoms with Gasteiger partial charge in [0.05, 0.1) is 5.92 Å². The molecule has 0 heterocycles. The van der Waals surface area contributed by atoms with E-state index in [-0.39, 0.29) is 18.6 Å². The van der Waals surface area contributed by atoms with E-state index in [1.807, 2.05) is 6.92 Å². The number of rotatable bonds is 6. The third-order valence-electron chi connectivity index (χ3n) is 2.50. The van der Waals surface area contributed by atoms with Crippen LogP contribution in [0.15, 0.2) is 0 Å². The van der Waals surface area contributed by atoms with Gasteiger partial charge in [0.2, 0.25) is 0 Å². The van der Waals surface area contributed by atoms with Gasteiger partial charge < -0.3 is 15.3 Å². The van der Waals surface area contributed by atoms with Crippen LogP contribution in [0.2, 0.25) is 0 Å². The quantitative estimate of drug-likeness (QED) is 0.684. The first-order valence-corrected chi connectivity index (χ1v) is 5.60. The molecule has 0 saturated heterocycles. The third kappa shape index (κ3) is 5.81. The van der Waals surface area contributed by atoms with Crippen molar-refractivity contribution in [2.45, 2.75) is 32.7 Å². The number of nitrogens with zero attached hydrogens (tertiary/aromatic N) is 1. The molecule has 0 aliphatic heterocycles. The Kier molecular flexibility index (Phi) is 6.80. The second-order valence-electron chi connectivity index (χ2n) is 4.08. The van der Waals surface area contributed by atoms with Crippen LogP contribution in [0.1, 0.15) is 26.7 Å². The minimum absolute atomic E-state index is 0.0601. The van der Waals surface area contributed by atoms with Crippen molar-refractivity contribution in [3.63, 3.8) is 0 Å². The highest BCUT2D eigenvalue weighted by Crippen LogP contribution is 2.01. The maximum atomic E-state index is 11.7. The van der Waals surface area contributed by atoms with E-state index in [0.717, 1.165) is 6.42 Å². The van der Waals surface area contributed by atoms with Crippen LogP contribution in [0.4, 0.5) is 4.79 Å². The number of amides is 2. The van der Waals surface area contributed by atoms with E-state index in [2.05, 4.69) is 11.2 Å². The molecule has 0 aromatic carbocycles. The Balaban J connectivity index is 4.22. The highest BCUT2D eigenvalue weighted by molar-refractivity contribution is 5.76. The van der Waals surface area contributed by atoms with Crippen LogP contribution in [0, 0.1) is 18.3 Å². The van der Waals surface area contributed by atoms with E-state index in [1.54, 1.807) is 14.0 Å². The Hall–Kier alpha value is -1.70. The molecule has 17 heavy (non-hydrogen) atoms. The summed E-state index contributed by atoms with van der Waals surface area (Å²) in [6.07, 6.45) is 6.41. The second-order valence-corrected chi connectivity index (χ2v) is 4.08. The Labute approximate surface area is 102 Å². The molecular formula is C12H20N2O3. The Morgan fingerprint density at radius 3 is 2.53 bits per heavy atom. The molecule has 2 atom stereocenters. The fourth-order valence-electron chi connectivity index (χ4n) is 1.30. The van der Waals surface area contributed by atoms with Crippen LogP contribution in [0.25, 0.3) is 0 Å². The molecule has 2 amide bonds. The van der Waals surface area contributed by atoms with Crippen molar-refractivity contribution in [2.24, 2.45) is 5.92 Å². The lowest BCUT2D eigenvalue weighted by molar-refractivity contribution is -0.141. The molecule has 0 spiro atoms. The molecule has 0 radical (unpaired) electrons. The molecule has 0 saturated carbocycles. The van der Waals surface area contributed by atoms with E-state index in [1.165, 1.54) is 4.90 Å². The summed E-state index contributed by atoms with van der Waals surface area (Å²) in [7, 11) is 1.57. The number of hydrogen-bond acceptors (Lipinski definition) is 2. The summed E-state index contributed by atoms with van der Waals surface area (Å²) in [5, 5.41) is 11.5. The van der Waals surface area contributed by atoms with Gasteiger partial charge in [-0.2, -0.15) is 0 Å². The molecular weight excluding hydrogens is 220 g/mol. The monoisotopic (exact) mass is 240 g/mol. The van der Waals surface area contributed by atoms with Crippen LogP contribution in [-0.4, -0.2) is 41.6 Å². The zero-order valence-corrected chi connectivity index (χ0v) is 10.6. The minimum Gasteiger partial charge on any atom is -0.481 e. The number of carbonyl (C=O) groups is 2. The molecule has 5 nitrogen and oxygen atoms in total. The minimum atomic E-state index is -0.916. The molecule has 0 bridgehead atoms. The Morgan fingerprint density at radius 1 is 1.53 bits per heavy atom. The summed E-state index contributed by atoms with van der Waals surface area (Å²) in [5.41, 5.74) is 0. The van der Waals surface area contributed by atoms with Gasteiger partial charge in [-0.3, -0.25) is 4.79 Å². The highest BCUT2D eigenvalue weighted by Gasteiger charge is 2.18. The predicted octanol–water partition coefficient (Wildman–Crippen LogP) is 1.15. The van der Waals surface area contributed by atoms with E-state index in [0.29, 0.717) is 6.42 Å². The van der Waals surface area contributed by atoms with Crippen LogP contribution in [0.5, 0.6) is 0 Å². The average Bonchev–Trinajstić information content (AvgIpc) is 2.27. The van der Waals surface area contributed by atoms with E-state index >= 15 is 0 Å². The molecule has 0 aromatic rings. The maximum absolute atomic E-state index is 11.7.